The molecule has 0 spiro atoms. The maximum Gasteiger partial charge on any atom is 0.308 e. The molecule has 0 heterocycles. The van der Waals surface area contributed by atoms with Crippen LogP contribution in [0, 0.1) is 17.3 Å². The average molecular weight is 286 g/mol. The van der Waals surface area contributed by atoms with E-state index in [1.807, 2.05) is 0 Å². The van der Waals surface area contributed by atoms with E-state index in [2.05, 4.69) is 44.2 Å². The molecule has 0 aromatic heterocycles. The molecule has 0 bridgehead atoms. The van der Waals surface area contributed by atoms with Crippen molar-refractivity contribution in [2.75, 3.05) is 6.61 Å². The van der Waals surface area contributed by atoms with Crippen LogP contribution in [0.2, 0.25) is 0 Å². The van der Waals surface area contributed by atoms with Crippen molar-refractivity contribution in [3.05, 3.63) is 35.9 Å². The lowest BCUT2D eigenvalue weighted by molar-refractivity contribution is -0.160. The molecule has 3 rings (SSSR count). The van der Waals surface area contributed by atoms with Gasteiger partial charge < -0.3 is 4.74 Å². The van der Waals surface area contributed by atoms with E-state index in [-0.39, 0.29) is 17.3 Å². The molecule has 1 aromatic carbocycles. The zero-order chi connectivity index (χ0) is 14.9. The fraction of sp³-hybridized carbons (Fsp3) is 0.632. The summed E-state index contributed by atoms with van der Waals surface area (Å²) in [6.07, 6.45) is 5.66. The van der Waals surface area contributed by atoms with Gasteiger partial charge in [0, 0.05) is 5.41 Å². The smallest absolute Gasteiger partial charge is 0.308 e. The van der Waals surface area contributed by atoms with E-state index in [4.69, 9.17) is 4.74 Å². The molecule has 2 saturated carbocycles. The number of benzene rings is 1. The molecule has 2 aliphatic carbocycles. The summed E-state index contributed by atoms with van der Waals surface area (Å²) in [5.41, 5.74) is 1.56. The molecular weight excluding hydrogens is 260 g/mol. The van der Waals surface area contributed by atoms with Crippen LogP contribution in [0.15, 0.2) is 30.3 Å². The number of hydrogen-bond donors (Lipinski definition) is 0. The third-order valence-electron chi connectivity index (χ3n) is 5.83. The fourth-order valence-electron chi connectivity index (χ4n) is 3.82. The summed E-state index contributed by atoms with van der Waals surface area (Å²) < 4.78 is 5.63. The predicted octanol–water partition coefficient (Wildman–Crippen LogP) is 4.55. The van der Waals surface area contributed by atoms with Crippen molar-refractivity contribution in [1.29, 1.82) is 0 Å². The van der Waals surface area contributed by atoms with E-state index in [0.717, 1.165) is 12.8 Å². The van der Waals surface area contributed by atoms with Crippen LogP contribution in [0.25, 0.3) is 0 Å². The topological polar surface area (TPSA) is 26.3 Å². The van der Waals surface area contributed by atoms with E-state index in [1.165, 1.54) is 24.8 Å². The Balaban J connectivity index is 1.58. The normalized spacial score (nSPS) is 30.1. The third-order valence-corrected chi connectivity index (χ3v) is 5.83. The lowest BCUT2D eigenvalue weighted by atomic mass is 9.56. The number of esters is 1. The van der Waals surface area contributed by atoms with Gasteiger partial charge in [-0.1, -0.05) is 50.6 Å². The minimum Gasteiger partial charge on any atom is -0.465 e. The SMILES string of the molecule is C[C@H](c1ccccc1)C1CCC1(C)COC(=O)C1CCC1. The van der Waals surface area contributed by atoms with Crippen molar-refractivity contribution in [3.63, 3.8) is 0 Å². The van der Waals surface area contributed by atoms with Gasteiger partial charge in [-0.2, -0.15) is 0 Å². The van der Waals surface area contributed by atoms with Crippen LogP contribution >= 0.6 is 0 Å². The Morgan fingerprint density at radius 3 is 2.52 bits per heavy atom. The molecule has 0 aliphatic heterocycles. The monoisotopic (exact) mass is 286 g/mol. The van der Waals surface area contributed by atoms with E-state index in [9.17, 15) is 4.79 Å². The number of carbonyl (C=O) groups is 1. The van der Waals surface area contributed by atoms with Gasteiger partial charge in [0.25, 0.3) is 0 Å². The van der Waals surface area contributed by atoms with Gasteiger partial charge in [-0.25, -0.2) is 0 Å². The Kier molecular flexibility index (Phi) is 4.05. The minimum absolute atomic E-state index is 0.0421. The zero-order valence-electron chi connectivity index (χ0n) is 13.2. The molecule has 114 valence electrons. The summed E-state index contributed by atoms with van der Waals surface area (Å²) in [4.78, 5) is 11.9. The maximum absolute atomic E-state index is 11.9. The quantitative estimate of drug-likeness (QED) is 0.742. The summed E-state index contributed by atoms with van der Waals surface area (Å²) in [5.74, 6) is 1.39. The van der Waals surface area contributed by atoms with Gasteiger partial charge in [0.15, 0.2) is 0 Å². The second-order valence-electron chi connectivity index (χ2n) is 7.23. The molecule has 2 fully saturated rings. The first-order chi connectivity index (χ1) is 10.1. The summed E-state index contributed by atoms with van der Waals surface area (Å²) in [6, 6.07) is 10.7. The number of rotatable bonds is 5. The minimum atomic E-state index is 0.0421. The lowest BCUT2D eigenvalue weighted by Gasteiger charge is -2.50. The Bertz CT molecular complexity index is 492. The van der Waals surface area contributed by atoms with Crippen LogP contribution in [0.1, 0.15) is 57.4 Å². The Morgan fingerprint density at radius 1 is 1.29 bits per heavy atom. The Hall–Kier alpha value is -1.31. The summed E-state index contributed by atoms with van der Waals surface area (Å²) in [5, 5.41) is 0. The number of ether oxygens (including phenoxy) is 1. The van der Waals surface area contributed by atoms with Crippen LogP contribution < -0.4 is 0 Å². The van der Waals surface area contributed by atoms with Crippen molar-refractivity contribution in [1.82, 2.24) is 0 Å². The summed E-state index contributed by atoms with van der Waals surface area (Å²) in [7, 11) is 0. The van der Waals surface area contributed by atoms with E-state index < -0.39 is 0 Å². The molecule has 0 radical (unpaired) electrons. The first kappa shape index (κ1) is 14.6. The van der Waals surface area contributed by atoms with Crippen molar-refractivity contribution >= 4 is 5.97 Å². The largest absolute Gasteiger partial charge is 0.465 e. The van der Waals surface area contributed by atoms with Crippen molar-refractivity contribution in [2.24, 2.45) is 17.3 Å². The molecule has 0 amide bonds. The third kappa shape index (κ3) is 2.86. The standard InChI is InChI=1S/C19H26O2/c1-14(15-7-4-3-5-8-15)17-11-12-19(17,2)13-21-18(20)16-9-6-10-16/h3-5,7-8,14,16-17H,6,9-13H2,1-2H3/t14-,17?,19?/m1/s1. The molecule has 1 aromatic rings. The summed E-state index contributed by atoms with van der Waals surface area (Å²) >= 11 is 0. The average Bonchev–Trinajstić information content (AvgIpc) is 2.42. The van der Waals surface area contributed by atoms with Gasteiger partial charge in [0.1, 0.15) is 0 Å². The lowest BCUT2D eigenvalue weighted by Crippen LogP contribution is -2.45. The molecule has 2 heteroatoms. The van der Waals surface area contributed by atoms with E-state index in [1.54, 1.807) is 0 Å². The first-order valence-corrected chi connectivity index (χ1v) is 8.32. The van der Waals surface area contributed by atoms with Gasteiger partial charge in [-0.3, -0.25) is 4.79 Å². The second kappa shape index (κ2) is 5.82. The van der Waals surface area contributed by atoms with Crippen LogP contribution in [0.4, 0.5) is 0 Å². The van der Waals surface area contributed by atoms with E-state index >= 15 is 0 Å². The molecule has 2 aliphatic rings. The van der Waals surface area contributed by atoms with Crippen LogP contribution in [0.3, 0.4) is 0 Å². The molecule has 0 N–H and O–H groups in total. The highest BCUT2D eigenvalue weighted by molar-refractivity contribution is 5.73. The van der Waals surface area contributed by atoms with Crippen molar-refractivity contribution in [2.45, 2.75) is 51.9 Å². The predicted molar refractivity (Wildman–Crippen MR) is 84.0 cm³/mol. The molecule has 2 nitrogen and oxygen atoms in total. The van der Waals surface area contributed by atoms with Crippen LogP contribution in [-0.2, 0) is 9.53 Å². The fourth-order valence-corrected chi connectivity index (χ4v) is 3.82. The molecule has 21 heavy (non-hydrogen) atoms. The zero-order valence-corrected chi connectivity index (χ0v) is 13.2. The summed E-state index contributed by atoms with van der Waals surface area (Å²) in [6.45, 7) is 5.20. The highest BCUT2D eigenvalue weighted by Crippen LogP contribution is 2.53. The number of carbonyl (C=O) groups excluding carboxylic acids is 1. The van der Waals surface area contributed by atoms with Gasteiger partial charge in [-0.15, -0.1) is 0 Å². The Morgan fingerprint density at radius 2 is 2.00 bits per heavy atom. The van der Waals surface area contributed by atoms with Crippen LogP contribution in [-0.4, -0.2) is 12.6 Å². The van der Waals surface area contributed by atoms with Gasteiger partial charge >= 0.3 is 5.97 Å². The van der Waals surface area contributed by atoms with Crippen LogP contribution in [0.5, 0.6) is 0 Å². The molecular formula is C19H26O2. The molecule has 0 saturated heterocycles. The molecule has 2 unspecified atom stereocenters. The Labute approximate surface area is 127 Å². The maximum atomic E-state index is 11.9. The first-order valence-electron chi connectivity index (χ1n) is 8.32. The highest BCUT2D eigenvalue weighted by Gasteiger charge is 2.46. The van der Waals surface area contributed by atoms with Crippen molar-refractivity contribution < 1.29 is 9.53 Å². The molecule has 3 atom stereocenters. The second-order valence-corrected chi connectivity index (χ2v) is 7.23. The van der Waals surface area contributed by atoms with Gasteiger partial charge in [0.05, 0.1) is 12.5 Å². The van der Waals surface area contributed by atoms with Gasteiger partial charge in [0.2, 0.25) is 0 Å². The van der Waals surface area contributed by atoms with E-state index in [0.29, 0.717) is 18.4 Å². The number of hydrogen-bond acceptors (Lipinski definition) is 2. The van der Waals surface area contributed by atoms with Gasteiger partial charge in [-0.05, 0) is 43.1 Å². The highest BCUT2D eigenvalue weighted by atomic mass is 16.5. The van der Waals surface area contributed by atoms with Crippen molar-refractivity contribution in [3.8, 4) is 0 Å².